The lowest BCUT2D eigenvalue weighted by Gasteiger charge is -2.14. The number of benzene rings is 2. The quantitative estimate of drug-likeness (QED) is 0.563. The number of hydrogen-bond donors (Lipinski definition) is 2. The van der Waals surface area contributed by atoms with Crippen molar-refractivity contribution in [2.75, 3.05) is 20.7 Å². The molecule has 0 saturated carbocycles. The van der Waals surface area contributed by atoms with Crippen molar-refractivity contribution >= 4 is 5.96 Å². The maximum atomic E-state index is 5.66. The summed E-state index contributed by atoms with van der Waals surface area (Å²) in [5.41, 5.74) is 2.35. The van der Waals surface area contributed by atoms with E-state index in [1.54, 1.807) is 14.2 Å². The average molecular weight is 355 g/mol. The van der Waals surface area contributed by atoms with Crippen molar-refractivity contribution < 1.29 is 9.47 Å². The molecule has 0 saturated heterocycles. The highest BCUT2D eigenvalue weighted by molar-refractivity contribution is 5.79. The molecule has 2 aromatic rings. The van der Waals surface area contributed by atoms with Gasteiger partial charge in [-0.05, 0) is 49.6 Å². The van der Waals surface area contributed by atoms with Crippen LogP contribution in [0.25, 0.3) is 0 Å². The van der Waals surface area contributed by atoms with Crippen molar-refractivity contribution in [1.82, 2.24) is 10.6 Å². The minimum Gasteiger partial charge on any atom is -0.496 e. The first-order valence-corrected chi connectivity index (χ1v) is 8.94. The molecular formula is C21H29N3O2. The number of methoxy groups -OCH3 is 1. The second-order valence-corrected chi connectivity index (χ2v) is 6.22. The van der Waals surface area contributed by atoms with Crippen LogP contribution in [0.2, 0.25) is 0 Å². The van der Waals surface area contributed by atoms with E-state index in [1.165, 1.54) is 11.1 Å². The Kier molecular flexibility index (Phi) is 7.80. The average Bonchev–Trinajstić information content (AvgIpc) is 2.65. The Morgan fingerprint density at radius 1 is 1.04 bits per heavy atom. The first-order chi connectivity index (χ1) is 12.6. The summed E-state index contributed by atoms with van der Waals surface area (Å²) in [6.07, 6.45) is 1.05. The SMILES string of the molecule is CN=C(NCCc1ccccc1OC)NCc1ccc(OC(C)C)cc1. The summed E-state index contributed by atoms with van der Waals surface area (Å²) in [5, 5.41) is 6.66. The molecule has 140 valence electrons. The molecule has 0 heterocycles. The van der Waals surface area contributed by atoms with E-state index in [0.29, 0.717) is 6.54 Å². The molecule has 0 radical (unpaired) electrons. The number of aliphatic imine (C=N–C) groups is 1. The molecular weight excluding hydrogens is 326 g/mol. The molecule has 0 aromatic heterocycles. The van der Waals surface area contributed by atoms with Gasteiger partial charge in [-0.25, -0.2) is 0 Å². The van der Waals surface area contributed by atoms with Crippen LogP contribution >= 0.6 is 0 Å². The molecule has 5 nitrogen and oxygen atoms in total. The zero-order chi connectivity index (χ0) is 18.8. The fourth-order valence-electron chi connectivity index (χ4n) is 2.59. The van der Waals surface area contributed by atoms with Crippen LogP contribution in [0, 0.1) is 0 Å². The summed E-state index contributed by atoms with van der Waals surface area (Å²) < 4.78 is 11.0. The molecule has 0 spiro atoms. The second-order valence-electron chi connectivity index (χ2n) is 6.22. The van der Waals surface area contributed by atoms with E-state index >= 15 is 0 Å². The predicted octanol–water partition coefficient (Wildman–Crippen LogP) is 3.39. The molecule has 2 rings (SSSR count). The van der Waals surface area contributed by atoms with E-state index in [2.05, 4.69) is 33.8 Å². The summed E-state index contributed by atoms with van der Waals surface area (Å²) in [6, 6.07) is 16.2. The third kappa shape index (κ3) is 6.31. The van der Waals surface area contributed by atoms with Crippen LogP contribution in [-0.4, -0.2) is 32.8 Å². The van der Waals surface area contributed by atoms with Gasteiger partial charge in [0, 0.05) is 20.1 Å². The minimum atomic E-state index is 0.185. The van der Waals surface area contributed by atoms with E-state index < -0.39 is 0 Å². The summed E-state index contributed by atoms with van der Waals surface area (Å²) in [5.74, 6) is 2.59. The summed E-state index contributed by atoms with van der Waals surface area (Å²) in [7, 11) is 3.47. The van der Waals surface area contributed by atoms with Crippen molar-refractivity contribution in [3.8, 4) is 11.5 Å². The molecule has 2 N–H and O–H groups in total. The number of nitrogens with one attached hydrogen (secondary N) is 2. The molecule has 0 aliphatic rings. The Bertz CT molecular complexity index is 697. The maximum absolute atomic E-state index is 5.66. The lowest BCUT2D eigenvalue weighted by Crippen LogP contribution is -2.37. The highest BCUT2D eigenvalue weighted by Crippen LogP contribution is 2.17. The minimum absolute atomic E-state index is 0.185. The topological polar surface area (TPSA) is 54.9 Å². The third-order valence-electron chi connectivity index (χ3n) is 3.86. The van der Waals surface area contributed by atoms with Crippen molar-refractivity contribution in [1.29, 1.82) is 0 Å². The zero-order valence-electron chi connectivity index (χ0n) is 16.1. The molecule has 0 aliphatic carbocycles. The largest absolute Gasteiger partial charge is 0.496 e. The molecule has 0 unspecified atom stereocenters. The van der Waals surface area contributed by atoms with Crippen LogP contribution < -0.4 is 20.1 Å². The lowest BCUT2D eigenvalue weighted by atomic mass is 10.1. The van der Waals surface area contributed by atoms with Gasteiger partial charge in [0.2, 0.25) is 0 Å². The van der Waals surface area contributed by atoms with Gasteiger partial charge in [-0.2, -0.15) is 0 Å². The van der Waals surface area contributed by atoms with Crippen molar-refractivity contribution in [2.24, 2.45) is 4.99 Å². The fraction of sp³-hybridized carbons (Fsp3) is 0.381. The van der Waals surface area contributed by atoms with Crippen LogP contribution in [0.4, 0.5) is 0 Å². The molecule has 0 fully saturated rings. The summed E-state index contributed by atoms with van der Waals surface area (Å²) >= 11 is 0. The van der Waals surface area contributed by atoms with Crippen LogP contribution in [0.1, 0.15) is 25.0 Å². The number of rotatable bonds is 8. The van der Waals surface area contributed by atoms with Crippen molar-refractivity contribution in [2.45, 2.75) is 32.9 Å². The second kappa shape index (κ2) is 10.3. The van der Waals surface area contributed by atoms with Crippen LogP contribution in [-0.2, 0) is 13.0 Å². The Morgan fingerprint density at radius 3 is 2.42 bits per heavy atom. The normalized spacial score (nSPS) is 11.3. The predicted molar refractivity (Wildman–Crippen MR) is 107 cm³/mol. The molecule has 2 aromatic carbocycles. The monoisotopic (exact) mass is 355 g/mol. The van der Waals surface area contributed by atoms with E-state index in [0.717, 1.165) is 30.4 Å². The van der Waals surface area contributed by atoms with Crippen LogP contribution in [0.15, 0.2) is 53.5 Å². The highest BCUT2D eigenvalue weighted by Gasteiger charge is 2.03. The van der Waals surface area contributed by atoms with E-state index in [4.69, 9.17) is 9.47 Å². The molecule has 0 atom stereocenters. The number of ether oxygens (including phenoxy) is 2. The Labute approximate surface area is 156 Å². The number of guanidine groups is 1. The van der Waals surface area contributed by atoms with Crippen molar-refractivity contribution in [3.63, 3.8) is 0 Å². The van der Waals surface area contributed by atoms with Crippen molar-refractivity contribution in [3.05, 3.63) is 59.7 Å². The number of para-hydroxylation sites is 1. The molecule has 0 aliphatic heterocycles. The standard InChI is InChI=1S/C21H29N3O2/c1-16(2)26-19-11-9-17(10-12-19)15-24-21(22-3)23-14-13-18-7-5-6-8-20(18)25-4/h5-12,16H,13-15H2,1-4H3,(H2,22,23,24). The van der Waals surface area contributed by atoms with Gasteiger partial charge in [0.1, 0.15) is 11.5 Å². The Balaban J connectivity index is 1.79. The summed E-state index contributed by atoms with van der Waals surface area (Å²) in [6.45, 7) is 5.53. The number of nitrogens with zero attached hydrogens (tertiary/aromatic N) is 1. The van der Waals surface area contributed by atoms with Gasteiger partial charge in [-0.3, -0.25) is 4.99 Å². The molecule has 0 amide bonds. The van der Waals surface area contributed by atoms with Crippen LogP contribution in [0.5, 0.6) is 11.5 Å². The van der Waals surface area contributed by atoms with Gasteiger partial charge < -0.3 is 20.1 Å². The van der Waals surface area contributed by atoms with Gasteiger partial charge in [0.15, 0.2) is 5.96 Å². The smallest absolute Gasteiger partial charge is 0.191 e. The first-order valence-electron chi connectivity index (χ1n) is 8.94. The summed E-state index contributed by atoms with van der Waals surface area (Å²) in [4.78, 5) is 4.27. The molecule has 26 heavy (non-hydrogen) atoms. The van der Waals surface area contributed by atoms with Gasteiger partial charge in [-0.1, -0.05) is 30.3 Å². The van der Waals surface area contributed by atoms with Gasteiger partial charge >= 0.3 is 0 Å². The van der Waals surface area contributed by atoms with Gasteiger partial charge in [0.25, 0.3) is 0 Å². The van der Waals surface area contributed by atoms with Gasteiger partial charge in [0.05, 0.1) is 13.2 Å². The third-order valence-corrected chi connectivity index (χ3v) is 3.86. The number of hydrogen-bond acceptors (Lipinski definition) is 3. The van der Waals surface area contributed by atoms with E-state index in [9.17, 15) is 0 Å². The zero-order valence-corrected chi connectivity index (χ0v) is 16.1. The highest BCUT2D eigenvalue weighted by atomic mass is 16.5. The molecule has 5 heteroatoms. The fourth-order valence-corrected chi connectivity index (χ4v) is 2.59. The Morgan fingerprint density at radius 2 is 1.77 bits per heavy atom. The first kappa shape index (κ1) is 19.6. The maximum Gasteiger partial charge on any atom is 0.191 e. The van der Waals surface area contributed by atoms with E-state index in [-0.39, 0.29) is 6.10 Å². The lowest BCUT2D eigenvalue weighted by molar-refractivity contribution is 0.242. The van der Waals surface area contributed by atoms with Gasteiger partial charge in [-0.15, -0.1) is 0 Å². The Hall–Kier alpha value is -2.69. The van der Waals surface area contributed by atoms with E-state index in [1.807, 2.05) is 44.2 Å². The van der Waals surface area contributed by atoms with Crippen LogP contribution in [0.3, 0.4) is 0 Å². The molecule has 0 bridgehead atoms.